The van der Waals surface area contributed by atoms with Crippen LogP contribution in [0.25, 0.3) is 11.1 Å². The lowest BCUT2D eigenvalue weighted by Gasteiger charge is -2.24. The van der Waals surface area contributed by atoms with E-state index in [9.17, 15) is 0 Å². The summed E-state index contributed by atoms with van der Waals surface area (Å²) in [5.74, 6) is 3.10. The van der Waals surface area contributed by atoms with Gasteiger partial charge in [-0.3, -0.25) is 0 Å². The average molecular weight is 468 g/mol. The molecule has 28 heavy (non-hydrogen) atoms. The molecule has 0 radical (unpaired) electrons. The van der Waals surface area contributed by atoms with Crippen LogP contribution < -0.4 is 18.9 Å². The number of halogens is 4. The van der Waals surface area contributed by atoms with Crippen LogP contribution in [0.5, 0.6) is 23.0 Å². The number of alkyl halides is 4. The SMILES string of the molecule is COc1c(CCl)cc(CCl)c(OC)c1-c1c(OC)c(CCl)cc(CCl)c1OC. The Morgan fingerprint density at radius 2 is 0.714 bits per heavy atom. The van der Waals surface area contributed by atoms with Gasteiger partial charge in [0.15, 0.2) is 0 Å². The van der Waals surface area contributed by atoms with E-state index in [0.29, 0.717) is 34.1 Å². The Hall–Kier alpha value is -1.20. The Morgan fingerprint density at radius 3 is 0.857 bits per heavy atom. The Bertz CT molecular complexity index is 710. The van der Waals surface area contributed by atoms with E-state index in [1.54, 1.807) is 28.4 Å². The van der Waals surface area contributed by atoms with E-state index in [1.807, 2.05) is 12.1 Å². The zero-order valence-electron chi connectivity index (χ0n) is 16.1. The van der Waals surface area contributed by atoms with Crippen LogP contribution in [0.2, 0.25) is 0 Å². The van der Waals surface area contributed by atoms with Crippen molar-refractivity contribution in [3.63, 3.8) is 0 Å². The molecule has 0 N–H and O–H groups in total. The molecule has 0 aliphatic rings. The van der Waals surface area contributed by atoms with Crippen molar-refractivity contribution >= 4 is 46.4 Å². The Kier molecular flexibility index (Phi) is 8.69. The minimum atomic E-state index is 0.228. The van der Waals surface area contributed by atoms with Gasteiger partial charge in [-0.05, 0) is 12.1 Å². The maximum atomic E-state index is 6.19. The van der Waals surface area contributed by atoms with Gasteiger partial charge in [-0.2, -0.15) is 0 Å². The first-order valence-corrected chi connectivity index (χ1v) is 10.5. The topological polar surface area (TPSA) is 36.9 Å². The van der Waals surface area contributed by atoms with Crippen LogP contribution in [0.15, 0.2) is 12.1 Å². The summed E-state index contributed by atoms with van der Waals surface area (Å²) in [5.41, 5.74) is 4.33. The molecule has 0 aliphatic heterocycles. The molecule has 4 nitrogen and oxygen atoms in total. The quantitative estimate of drug-likeness (QED) is 0.403. The van der Waals surface area contributed by atoms with E-state index in [-0.39, 0.29) is 23.5 Å². The van der Waals surface area contributed by atoms with E-state index in [2.05, 4.69) is 0 Å². The fourth-order valence-electron chi connectivity index (χ4n) is 3.32. The summed E-state index contributed by atoms with van der Waals surface area (Å²) in [7, 11) is 6.28. The van der Waals surface area contributed by atoms with Crippen LogP contribution in [-0.4, -0.2) is 28.4 Å². The minimum absolute atomic E-state index is 0.228. The Morgan fingerprint density at radius 1 is 0.500 bits per heavy atom. The van der Waals surface area contributed by atoms with E-state index in [1.165, 1.54) is 0 Å². The van der Waals surface area contributed by atoms with Crippen LogP contribution in [-0.2, 0) is 23.5 Å². The van der Waals surface area contributed by atoms with E-state index < -0.39 is 0 Å². The normalized spacial score (nSPS) is 10.7. The first-order valence-electron chi connectivity index (χ1n) is 8.34. The van der Waals surface area contributed by atoms with Crippen molar-refractivity contribution in [3.05, 3.63) is 34.4 Å². The number of hydrogen-bond acceptors (Lipinski definition) is 4. The lowest BCUT2D eigenvalue weighted by atomic mass is 9.92. The predicted molar refractivity (Wildman–Crippen MR) is 116 cm³/mol. The maximum Gasteiger partial charge on any atom is 0.135 e. The van der Waals surface area contributed by atoms with Crippen molar-refractivity contribution < 1.29 is 18.9 Å². The molecule has 0 saturated carbocycles. The van der Waals surface area contributed by atoms with E-state index in [0.717, 1.165) is 22.3 Å². The van der Waals surface area contributed by atoms with Crippen molar-refractivity contribution in [2.75, 3.05) is 28.4 Å². The molecule has 0 amide bonds. The summed E-state index contributed by atoms with van der Waals surface area (Å²) in [6, 6.07) is 3.74. The second kappa shape index (κ2) is 10.5. The highest BCUT2D eigenvalue weighted by Crippen LogP contribution is 2.53. The first-order chi connectivity index (χ1) is 13.6. The van der Waals surface area contributed by atoms with Crippen LogP contribution in [0.3, 0.4) is 0 Å². The largest absolute Gasteiger partial charge is 0.496 e. The Labute approximate surface area is 185 Å². The Balaban J connectivity index is 3.13. The molecule has 2 aromatic rings. The highest BCUT2D eigenvalue weighted by atomic mass is 35.5. The summed E-state index contributed by atoms with van der Waals surface area (Å²) in [4.78, 5) is 0. The predicted octanol–water partition coefficient (Wildman–Crippen LogP) is 6.34. The van der Waals surface area contributed by atoms with E-state index in [4.69, 9.17) is 65.4 Å². The molecule has 8 heteroatoms. The van der Waals surface area contributed by atoms with Gasteiger partial charge in [0.2, 0.25) is 0 Å². The fraction of sp³-hybridized carbons (Fsp3) is 0.400. The second-order valence-electron chi connectivity index (χ2n) is 5.81. The van der Waals surface area contributed by atoms with Gasteiger partial charge in [-0.15, -0.1) is 46.4 Å². The number of hydrogen-bond donors (Lipinski definition) is 0. The molecular weight excluding hydrogens is 446 g/mol. The van der Waals surface area contributed by atoms with Crippen molar-refractivity contribution in [1.82, 2.24) is 0 Å². The molecule has 154 valence electrons. The molecule has 0 unspecified atom stereocenters. The second-order valence-corrected chi connectivity index (χ2v) is 6.88. The van der Waals surface area contributed by atoms with Gasteiger partial charge in [-0.25, -0.2) is 0 Å². The molecule has 2 rings (SSSR count). The van der Waals surface area contributed by atoms with Crippen LogP contribution in [0, 0.1) is 0 Å². The molecule has 0 spiro atoms. The van der Waals surface area contributed by atoms with E-state index >= 15 is 0 Å². The van der Waals surface area contributed by atoms with Crippen molar-refractivity contribution in [1.29, 1.82) is 0 Å². The molecule has 0 aromatic heterocycles. The van der Waals surface area contributed by atoms with Crippen LogP contribution in [0.4, 0.5) is 0 Å². The smallest absolute Gasteiger partial charge is 0.135 e. The van der Waals surface area contributed by atoms with Gasteiger partial charge in [0.1, 0.15) is 23.0 Å². The average Bonchev–Trinajstić information content (AvgIpc) is 2.75. The maximum absolute atomic E-state index is 6.19. The lowest BCUT2D eigenvalue weighted by Crippen LogP contribution is -2.05. The minimum Gasteiger partial charge on any atom is -0.496 e. The zero-order chi connectivity index (χ0) is 20.8. The standard InChI is InChI=1S/C20H22Cl4O4/c1-25-17-11(7-21)5-12(8-22)18(26-2)15(17)16-19(27-3)13(9-23)6-14(10-24)20(16)28-4/h5-6H,7-10H2,1-4H3. The van der Waals surface area contributed by atoms with Crippen LogP contribution >= 0.6 is 46.4 Å². The molecule has 0 atom stereocenters. The highest BCUT2D eigenvalue weighted by Gasteiger charge is 2.29. The fourth-order valence-corrected chi connectivity index (χ4v) is 4.11. The highest BCUT2D eigenvalue weighted by molar-refractivity contribution is 6.19. The number of benzene rings is 2. The van der Waals surface area contributed by atoms with Crippen molar-refractivity contribution in [3.8, 4) is 34.1 Å². The molecule has 0 aliphatic carbocycles. The third kappa shape index (κ3) is 4.06. The summed E-state index contributed by atoms with van der Waals surface area (Å²) in [6.07, 6.45) is 0. The number of methoxy groups -OCH3 is 4. The lowest BCUT2D eigenvalue weighted by molar-refractivity contribution is 0.381. The molecule has 0 fully saturated rings. The third-order valence-corrected chi connectivity index (χ3v) is 5.57. The zero-order valence-corrected chi connectivity index (χ0v) is 19.2. The van der Waals surface area contributed by atoms with Gasteiger partial charge in [-0.1, -0.05) is 0 Å². The van der Waals surface area contributed by atoms with Crippen molar-refractivity contribution in [2.24, 2.45) is 0 Å². The summed E-state index contributed by atoms with van der Waals surface area (Å²) in [6.45, 7) is 0. The summed E-state index contributed by atoms with van der Waals surface area (Å²) >= 11 is 24.8. The summed E-state index contributed by atoms with van der Waals surface area (Å²) < 4.78 is 22.9. The third-order valence-electron chi connectivity index (χ3n) is 4.41. The summed E-state index contributed by atoms with van der Waals surface area (Å²) in [5, 5.41) is 0. The van der Waals surface area contributed by atoms with Gasteiger partial charge in [0.25, 0.3) is 0 Å². The molecule has 0 heterocycles. The van der Waals surface area contributed by atoms with Crippen molar-refractivity contribution in [2.45, 2.75) is 23.5 Å². The molecule has 0 bridgehead atoms. The number of ether oxygens (including phenoxy) is 4. The van der Waals surface area contributed by atoms with Gasteiger partial charge in [0, 0.05) is 22.3 Å². The van der Waals surface area contributed by atoms with Crippen LogP contribution in [0.1, 0.15) is 22.3 Å². The van der Waals surface area contributed by atoms with Gasteiger partial charge in [0.05, 0.1) is 63.1 Å². The molecular formula is C20H22Cl4O4. The number of rotatable bonds is 9. The molecule has 0 saturated heterocycles. The van der Waals surface area contributed by atoms with Gasteiger partial charge >= 0.3 is 0 Å². The monoisotopic (exact) mass is 466 g/mol. The molecule has 2 aromatic carbocycles. The van der Waals surface area contributed by atoms with Gasteiger partial charge < -0.3 is 18.9 Å². The first kappa shape index (κ1) is 23.1.